The van der Waals surface area contributed by atoms with Crippen LogP contribution in [-0.2, 0) is 16.0 Å². The number of hydrogen-bond acceptors (Lipinski definition) is 3. The molecule has 2 amide bonds. The van der Waals surface area contributed by atoms with E-state index < -0.39 is 0 Å². The lowest BCUT2D eigenvalue weighted by Crippen LogP contribution is -2.17. The fraction of sp³-hybridized carbons (Fsp3) is 0.222. The van der Waals surface area contributed by atoms with Gasteiger partial charge in [0.1, 0.15) is 5.75 Å². The van der Waals surface area contributed by atoms with Gasteiger partial charge in [0, 0.05) is 11.9 Å². The number of halogens is 1. The summed E-state index contributed by atoms with van der Waals surface area (Å²) in [5, 5.41) is 5.99. The van der Waals surface area contributed by atoms with E-state index in [-0.39, 0.29) is 18.2 Å². The van der Waals surface area contributed by atoms with E-state index in [0.717, 1.165) is 5.56 Å². The Hall–Kier alpha value is -2.53. The molecule has 5 nitrogen and oxygen atoms in total. The molecule has 0 atom stereocenters. The standard InChI is InChI=1S/C18H19ClN2O3/c1-11-4-7-16(20-12(2)22)17(8-11)21-18(23)9-13-5-6-14(24-3)10-15(13)19/h4-8,10H,9H2,1-3H3,(H,20,22)(H,21,23). The summed E-state index contributed by atoms with van der Waals surface area (Å²) < 4.78 is 5.09. The summed E-state index contributed by atoms with van der Waals surface area (Å²) in [6.45, 7) is 3.33. The Morgan fingerprint density at radius 2 is 1.83 bits per heavy atom. The molecule has 2 N–H and O–H groups in total. The van der Waals surface area contributed by atoms with Crippen molar-refractivity contribution in [1.82, 2.24) is 0 Å². The minimum absolute atomic E-state index is 0.121. The van der Waals surface area contributed by atoms with Crippen LogP contribution in [0.25, 0.3) is 0 Å². The third-order valence-corrected chi connectivity index (χ3v) is 3.72. The second-order valence-corrected chi connectivity index (χ2v) is 5.82. The molecule has 0 spiro atoms. The molecule has 0 saturated heterocycles. The SMILES string of the molecule is COc1ccc(CC(=O)Nc2cc(C)ccc2NC(C)=O)c(Cl)c1. The molecule has 2 aromatic rings. The second kappa shape index (κ2) is 7.84. The summed E-state index contributed by atoms with van der Waals surface area (Å²) >= 11 is 6.16. The molecular weight excluding hydrogens is 328 g/mol. The van der Waals surface area contributed by atoms with Crippen LogP contribution < -0.4 is 15.4 Å². The van der Waals surface area contributed by atoms with Gasteiger partial charge in [-0.2, -0.15) is 0 Å². The monoisotopic (exact) mass is 346 g/mol. The van der Waals surface area contributed by atoms with Crippen molar-refractivity contribution < 1.29 is 14.3 Å². The van der Waals surface area contributed by atoms with E-state index in [2.05, 4.69) is 10.6 Å². The number of amides is 2. The van der Waals surface area contributed by atoms with Crippen molar-refractivity contribution in [3.05, 3.63) is 52.5 Å². The Morgan fingerprint density at radius 3 is 2.46 bits per heavy atom. The van der Waals surface area contributed by atoms with E-state index in [4.69, 9.17) is 16.3 Å². The van der Waals surface area contributed by atoms with Crippen LogP contribution >= 0.6 is 11.6 Å². The van der Waals surface area contributed by atoms with Gasteiger partial charge in [0.25, 0.3) is 0 Å². The zero-order valence-corrected chi connectivity index (χ0v) is 14.5. The number of anilines is 2. The van der Waals surface area contributed by atoms with Crippen molar-refractivity contribution in [2.75, 3.05) is 17.7 Å². The first kappa shape index (κ1) is 17.8. The van der Waals surface area contributed by atoms with Crippen molar-refractivity contribution in [1.29, 1.82) is 0 Å². The molecule has 0 aromatic heterocycles. The van der Waals surface area contributed by atoms with Gasteiger partial charge in [-0.05, 0) is 42.3 Å². The smallest absolute Gasteiger partial charge is 0.228 e. The van der Waals surface area contributed by atoms with E-state index >= 15 is 0 Å². The van der Waals surface area contributed by atoms with Crippen LogP contribution in [0.4, 0.5) is 11.4 Å². The molecule has 2 rings (SSSR count). The molecule has 0 aliphatic carbocycles. The van der Waals surface area contributed by atoms with Crippen LogP contribution in [0.1, 0.15) is 18.1 Å². The van der Waals surface area contributed by atoms with Gasteiger partial charge in [0.15, 0.2) is 0 Å². The fourth-order valence-electron chi connectivity index (χ4n) is 2.23. The lowest BCUT2D eigenvalue weighted by molar-refractivity contribution is -0.116. The number of rotatable bonds is 5. The molecule has 0 aliphatic heterocycles. The normalized spacial score (nSPS) is 10.2. The highest BCUT2D eigenvalue weighted by molar-refractivity contribution is 6.31. The van der Waals surface area contributed by atoms with Gasteiger partial charge < -0.3 is 15.4 Å². The summed E-state index contributed by atoms with van der Waals surface area (Å²) in [5.41, 5.74) is 2.78. The van der Waals surface area contributed by atoms with Crippen LogP contribution in [0.15, 0.2) is 36.4 Å². The molecular formula is C18H19ClN2O3. The van der Waals surface area contributed by atoms with Gasteiger partial charge in [-0.15, -0.1) is 0 Å². The zero-order chi connectivity index (χ0) is 17.7. The Bertz CT molecular complexity index is 775. The first-order valence-corrected chi connectivity index (χ1v) is 7.77. The molecule has 126 valence electrons. The average molecular weight is 347 g/mol. The Kier molecular flexibility index (Phi) is 5.82. The van der Waals surface area contributed by atoms with E-state index in [1.165, 1.54) is 6.92 Å². The Morgan fingerprint density at radius 1 is 1.08 bits per heavy atom. The Balaban J connectivity index is 2.15. The molecule has 0 heterocycles. The molecule has 0 radical (unpaired) electrons. The first-order chi connectivity index (χ1) is 11.4. The quantitative estimate of drug-likeness (QED) is 0.865. The average Bonchev–Trinajstić information content (AvgIpc) is 2.51. The Labute approximate surface area is 146 Å². The van der Waals surface area contributed by atoms with Gasteiger partial charge in [-0.25, -0.2) is 0 Å². The van der Waals surface area contributed by atoms with Crippen molar-refractivity contribution >= 4 is 34.8 Å². The van der Waals surface area contributed by atoms with Gasteiger partial charge in [0.05, 0.1) is 24.9 Å². The van der Waals surface area contributed by atoms with Crippen molar-refractivity contribution in [3.8, 4) is 5.75 Å². The number of carbonyl (C=O) groups is 2. The number of ether oxygens (including phenoxy) is 1. The molecule has 6 heteroatoms. The van der Waals surface area contributed by atoms with Crippen LogP contribution in [0.3, 0.4) is 0 Å². The lowest BCUT2D eigenvalue weighted by atomic mass is 10.1. The van der Waals surface area contributed by atoms with Gasteiger partial charge in [-0.1, -0.05) is 23.7 Å². The van der Waals surface area contributed by atoms with Gasteiger partial charge in [-0.3, -0.25) is 9.59 Å². The zero-order valence-electron chi connectivity index (χ0n) is 13.8. The number of benzene rings is 2. The molecule has 0 aliphatic rings. The number of nitrogens with one attached hydrogen (secondary N) is 2. The van der Waals surface area contributed by atoms with E-state index in [1.807, 2.05) is 13.0 Å². The summed E-state index contributed by atoms with van der Waals surface area (Å²) in [6.07, 6.45) is 0.121. The predicted octanol–water partition coefficient (Wildman–Crippen LogP) is 3.80. The van der Waals surface area contributed by atoms with Crippen LogP contribution in [0.2, 0.25) is 5.02 Å². The van der Waals surface area contributed by atoms with E-state index in [9.17, 15) is 9.59 Å². The van der Waals surface area contributed by atoms with Crippen LogP contribution in [-0.4, -0.2) is 18.9 Å². The predicted molar refractivity (Wildman–Crippen MR) is 95.8 cm³/mol. The van der Waals surface area contributed by atoms with Crippen molar-refractivity contribution in [2.24, 2.45) is 0 Å². The van der Waals surface area contributed by atoms with Gasteiger partial charge >= 0.3 is 0 Å². The minimum atomic E-state index is -0.223. The van der Waals surface area contributed by atoms with E-state index in [0.29, 0.717) is 27.7 Å². The second-order valence-electron chi connectivity index (χ2n) is 5.41. The van der Waals surface area contributed by atoms with E-state index in [1.54, 1.807) is 37.4 Å². The molecule has 0 bridgehead atoms. The summed E-state index contributed by atoms with van der Waals surface area (Å²) in [7, 11) is 1.55. The molecule has 0 fully saturated rings. The summed E-state index contributed by atoms with van der Waals surface area (Å²) in [5.74, 6) is 0.211. The fourth-order valence-corrected chi connectivity index (χ4v) is 2.46. The molecule has 0 saturated carbocycles. The third-order valence-electron chi connectivity index (χ3n) is 3.37. The highest BCUT2D eigenvalue weighted by Crippen LogP contribution is 2.25. The maximum Gasteiger partial charge on any atom is 0.228 e. The minimum Gasteiger partial charge on any atom is -0.497 e. The number of hydrogen-bond donors (Lipinski definition) is 2. The molecule has 2 aromatic carbocycles. The summed E-state index contributed by atoms with van der Waals surface area (Å²) in [4.78, 5) is 23.6. The van der Waals surface area contributed by atoms with Crippen molar-refractivity contribution in [2.45, 2.75) is 20.3 Å². The highest BCUT2D eigenvalue weighted by Gasteiger charge is 2.11. The lowest BCUT2D eigenvalue weighted by Gasteiger charge is -2.13. The number of carbonyl (C=O) groups excluding carboxylic acids is 2. The molecule has 24 heavy (non-hydrogen) atoms. The summed E-state index contributed by atoms with van der Waals surface area (Å²) in [6, 6.07) is 10.6. The highest BCUT2D eigenvalue weighted by atomic mass is 35.5. The maximum absolute atomic E-state index is 12.3. The van der Waals surface area contributed by atoms with Crippen molar-refractivity contribution in [3.63, 3.8) is 0 Å². The largest absolute Gasteiger partial charge is 0.497 e. The number of aryl methyl sites for hydroxylation is 1. The van der Waals surface area contributed by atoms with Crippen LogP contribution in [0.5, 0.6) is 5.75 Å². The molecule has 0 unspecified atom stereocenters. The topological polar surface area (TPSA) is 67.4 Å². The number of methoxy groups -OCH3 is 1. The maximum atomic E-state index is 12.3. The third kappa shape index (κ3) is 4.73. The van der Waals surface area contributed by atoms with Crippen LogP contribution in [0, 0.1) is 6.92 Å². The first-order valence-electron chi connectivity index (χ1n) is 7.39. The van der Waals surface area contributed by atoms with Gasteiger partial charge in [0.2, 0.25) is 11.8 Å².